The van der Waals surface area contributed by atoms with E-state index < -0.39 is 0 Å². The molecule has 1 aliphatic heterocycles. The number of fused-ring (bicyclic) bond motifs is 1. The smallest absolute Gasteiger partial charge is 0.227 e. The lowest BCUT2D eigenvalue weighted by Gasteiger charge is -2.29. The predicted octanol–water partition coefficient (Wildman–Crippen LogP) is 1.34. The summed E-state index contributed by atoms with van der Waals surface area (Å²) in [6.07, 6.45) is 1.65. The maximum absolute atomic E-state index is 11.8. The van der Waals surface area contributed by atoms with Crippen molar-refractivity contribution in [1.29, 1.82) is 5.26 Å². The van der Waals surface area contributed by atoms with Crippen molar-refractivity contribution >= 4 is 11.6 Å². The third-order valence-corrected chi connectivity index (χ3v) is 3.03. The first-order valence-corrected chi connectivity index (χ1v) is 5.75. The van der Waals surface area contributed by atoms with Crippen LogP contribution in [0.1, 0.15) is 24.0 Å². The van der Waals surface area contributed by atoms with E-state index in [1.165, 1.54) is 0 Å². The number of benzene rings is 1. The van der Waals surface area contributed by atoms with E-state index in [4.69, 9.17) is 11.0 Å². The summed E-state index contributed by atoms with van der Waals surface area (Å²) < 4.78 is 0. The normalized spacial score (nSPS) is 14.4. The first-order valence-electron chi connectivity index (χ1n) is 5.75. The maximum atomic E-state index is 11.8. The van der Waals surface area contributed by atoms with Crippen LogP contribution < -0.4 is 10.6 Å². The van der Waals surface area contributed by atoms with Crippen molar-refractivity contribution < 1.29 is 4.79 Å². The first-order chi connectivity index (χ1) is 8.26. The van der Waals surface area contributed by atoms with Crippen LogP contribution in [0.25, 0.3) is 0 Å². The molecule has 2 N–H and O–H groups in total. The zero-order valence-electron chi connectivity index (χ0n) is 9.65. The lowest BCUT2D eigenvalue weighted by atomic mass is 9.98. The molecule has 0 aliphatic carbocycles. The molecule has 17 heavy (non-hydrogen) atoms. The second-order valence-corrected chi connectivity index (χ2v) is 4.12. The van der Waals surface area contributed by atoms with Gasteiger partial charge in [0.1, 0.15) is 0 Å². The quantitative estimate of drug-likeness (QED) is 0.850. The molecule has 0 atom stereocenters. The van der Waals surface area contributed by atoms with Gasteiger partial charge in [0.05, 0.1) is 12.5 Å². The number of rotatable bonds is 3. The molecule has 4 nitrogen and oxygen atoms in total. The number of carbonyl (C=O) groups is 1. The summed E-state index contributed by atoms with van der Waals surface area (Å²) in [4.78, 5) is 13.5. The van der Waals surface area contributed by atoms with Gasteiger partial charge in [0.2, 0.25) is 5.91 Å². The number of aryl methyl sites for hydroxylation is 1. The van der Waals surface area contributed by atoms with Crippen molar-refractivity contribution in [1.82, 2.24) is 0 Å². The van der Waals surface area contributed by atoms with Crippen molar-refractivity contribution in [2.24, 2.45) is 5.73 Å². The minimum atomic E-state index is 0.105. The highest BCUT2D eigenvalue weighted by Gasteiger charge is 2.23. The minimum Gasteiger partial charge on any atom is -0.326 e. The van der Waals surface area contributed by atoms with Gasteiger partial charge in [-0.1, -0.05) is 12.1 Å². The van der Waals surface area contributed by atoms with Crippen LogP contribution in [0.5, 0.6) is 0 Å². The summed E-state index contributed by atoms with van der Waals surface area (Å²) in [5, 5.41) is 8.61. The molecule has 0 spiro atoms. The Morgan fingerprint density at radius 3 is 2.94 bits per heavy atom. The van der Waals surface area contributed by atoms with E-state index in [9.17, 15) is 4.79 Å². The third-order valence-electron chi connectivity index (χ3n) is 3.03. The number of carbonyl (C=O) groups excluding carboxylic acids is 1. The van der Waals surface area contributed by atoms with Crippen LogP contribution in [0, 0.1) is 11.3 Å². The van der Waals surface area contributed by atoms with Gasteiger partial charge in [0.25, 0.3) is 0 Å². The van der Waals surface area contributed by atoms with Crippen molar-refractivity contribution in [3.05, 3.63) is 29.3 Å². The van der Waals surface area contributed by atoms with Gasteiger partial charge in [-0.15, -0.1) is 0 Å². The van der Waals surface area contributed by atoms with E-state index in [0.717, 1.165) is 23.2 Å². The Morgan fingerprint density at radius 1 is 1.41 bits per heavy atom. The van der Waals surface area contributed by atoms with Crippen LogP contribution in [-0.2, 0) is 17.8 Å². The summed E-state index contributed by atoms with van der Waals surface area (Å²) in [5.74, 6) is 0.105. The number of amides is 1. The Kier molecular flexibility index (Phi) is 3.40. The molecule has 1 aliphatic rings. The Balaban J connectivity index is 2.32. The van der Waals surface area contributed by atoms with E-state index in [1.54, 1.807) is 4.90 Å². The summed E-state index contributed by atoms with van der Waals surface area (Å²) in [5.41, 5.74) is 8.78. The molecular weight excluding hydrogens is 214 g/mol. The fourth-order valence-electron chi connectivity index (χ4n) is 2.15. The van der Waals surface area contributed by atoms with Crippen molar-refractivity contribution in [3.63, 3.8) is 0 Å². The average molecular weight is 229 g/mol. The van der Waals surface area contributed by atoms with Crippen molar-refractivity contribution in [2.45, 2.75) is 25.8 Å². The minimum absolute atomic E-state index is 0.105. The van der Waals surface area contributed by atoms with Gasteiger partial charge in [-0.05, 0) is 23.6 Å². The largest absolute Gasteiger partial charge is 0.326 e. The number of nitrogens with zero attached hydrogens (tertiary/aromatic N) is 2. The van der Waals surface area contributed by atoms with Crippen LogP contribution in [0.4, 0.5) is 5.69 Å². The van der Waals surface area contributed by atoms with Crippen LogP contribution in [0.3, 0.4) is 0 Å². The summed E-state index contributed by atoms with van der Waals surface area (Å²) in [6.45, 7) is 0.990. The van der Waals surface area contributed by atoms with E-state index in [2.05, 4.69) is 12.1 Å². The van der Waals surface area contributed by atoms with Gasteiger partial charge in [0, 0.05) is 25.2 Å². The summed E-state index contributed by atoms with van der Waals surface area (Å²) >= 11 is 0. The van der Waals surface area contributed by atoms with Crippen LogP contribution in [-0.4, -0.2) is 12.5 Å². The van der Waals surface area contributed by atoms with E-state index in [-0.39, 0.29) is 5.91 Å². The molecule has 88 valence electrons. The molecule has 1 aromatic carbocycles. The van der Waals surface area contributed by atoms with Crippen molar-refractivity contribution in [2.75, 3.05) is 11.4 Å². The molecule has 0 radical (unpaired) electrons. The van der Waals surface area contributed by atoms with Gasteiger partial charge in [-0.25, -0.2) is 0 Å². The molecule has 0 saturated carbocycles. The standard InChI is InChI=1S/C13H15N3O/c14-6-1-7-16-12-4-2-10(9-15)8-11(12)3-5-13(16)17/h2,4,8H,1,3,5,7,9,15H2. The molecule has 1 heterocycles. The van der Waals surface area contributed by atoms with Gasteiger partial charge in [-0.3, -0.25) is 4.79 Å². The fourth-order valence-corrected chi connectivity index (χ4v) is 2.15. The summed E-state index contributed by atoms with van der Waals surface area (Å²) in [6, 6.07) is 8.01. The highest BCUT2D eigenvalue weighted by Crippen LogP contribution is 2.28. The molecule has 0 bridgehead atoms. The Labute approximate surface area is 101 Å². The molecular formula is C13H15N3O. The molecule has 4 heteroatoms. The average Bonchev–Trinajstić information content (AvgIpc) is 2.37. The zero-order chi connectivity index (χ0) is 12.3. The molecule has 1 amide bonds. The molecule has 2 rings (SSSR count). The number of hydrogen-bond acceptors (Lipinski definition) is 3. The first kappa shape index (κ1) is 11.6. The molecule has 0 unspecified atom stereocenters. The number of nitriles is 1. The SMILES string of the molecule is N#CCCN1C(=O)CCc2cc(CN)ccc21. The predicted molar refractivity (Wildman–Crippen MR) is 65.2 cm³/mol. The highest BCUT2D eigenvalue weighted by molar-refractivity contribution is 5.96. The monoisotopic (exact) mass is 229 g/mol. The summed E-state index contributed by atoms with van der Waals surface area (Å²) in [7, 11) is 0. The van der Waals surface area contributed by atoms with Crippen LogP contribution >= 0.6 is 0 Å². The number of hydrogen-bond donors (Lipinski definition) is 1. The molecule has 0 aromatic heterocycles. The van der Waals surface area contributed by atoms with Crippen molar-refractivity contribution in [3.8, 4) is 6.07 Å². The lowest BCUT2D eigenvalue weighted by Crippen LogP contribution is -2.35. The number of nitrogens with two attached hydrogens (primary N) is 1. The molecule has 0 fully saturated rings. The van der Waals surface area contributed by atoms with E-state index >= 15 is 0 Å². The fraction of sp³-hybridized carbons (Fsp3) is 0.385. The van der Waals surface area contributed by atoms with Crippen LogP contribution in [0.2, 0.25) is 0 Å². The third kappa shape index (κ3) is 2.29. The van der Waals surface area contributed by atoms with Gasteiger partial charge in [0.15, 0.2) is 0 Å². The Bertz CT molecular complexity index is 476. The maximum Gasteiger partial charge on any atom is 0.227 e. The van der Waals surface area contributed by atoms with E-state index in [0.29, 0.717) is 25.9 Å². The second-order valence-electron chi connectivity index (χ2n) is 4.12. The lowest BCUT2D eigenvalue weighted by molar-refractivity contribution is -0.118. The topological polar surface area (TPSA) is 70.1 Å². The van der Waals surface area contributed by atoms with Gasteiger partial charge in [-0.2, -0.15) is 5.26 Å². The van der Waals surface area contributed by atoms with Gasteiger partial charge >= 0.3 is 0 Å². The van der Waals surface area contributed by atoms with E-state index in [1.807, 2.05) is 12.1 Å². The zero-order valence-corrected chi connectivity index (χ0v) is 9.65. The Morgan fingerprint density at radius 2 is 2.24 bits per heavy atom. The van der Waals surface area contributed by atoms with Crippen LogP contribution in [0.15, 0.2) is 18.2 Å². The molecule has 0 saturated heterocycles. The number of anilines is 1. The van der Waals surface area contributed by atoms with Gasteiger partial charge < -0.3 is 10.6 Å². The molecule has 1 aromatic rings. The highest BCUT2D eigenvalue weighted by atomic mass is 16.2. The second kappa shape index (κ2) is 4.98. The Hall–Kier alpha value is -1.86.